The van der Waals surface area contributed by atoms with Gasteiger partial charge in [-0.05, 0) is 37.3 Å². The maximum absolute atomic E-state index is 13.6. The van der Waals surface area contributed by atoms with Crippen LogP contribution in [-0.4, -0.2) is 21.4 Å². The third-order valence-corrected chi connectivity index (χ3v) is 3.36. The Kier molecular flexibility index (Phi) is 3.53. The van der Waals surface area contributed by atoms with E-state index in [9.17, 15) is 9.18 Å². The average molecular weight is 311 g/mol. The van der Waals surface area contributed by atoms with Gasteiger partial charge in [-0.25, -0.2) is 4.39 Å². The van der Waals surface area contributed by atoms with Crippen molar-refractivity contribution in [1.82, 2.24) is 14.9 Å². The molecule has 0 spiro atoms. The van der Waals surface area contributed by atoms with Crippen LogP contribution in [0, 0.1) is 18.2 Å². The Morgan fingerprint density at radius 1 is 1.35 bits per heavy atom. The number of amides is 1. The van der Waals surface area contributed by atoms with Gasteiger partial charge in [0.15, 0.2) is 5.96 Å². The number of pyridine rings is 1. The summed E-state index contributed by atoms with van der Waals surface area (Å²) >= 11 is 0. The number of carbonyl (C=O) groups excluding carboxylic acids is 1. The molecule has 116 valence electrons. The summed E-state index contributed by atoms with van der Waals surface area (Å²) in [7, 11) is 0. The number of halogens is 1. The lowest BCUT2D eigenvalue weighted by molar-refractivity contribution is 0.0976. The van der Waals surface area contributed by atoms with Crippen LogP contribution in [0.25, 0.3) is 16.6 Å². The average Bonchev–Trinajstić information content (AvgIpc) is 2.96. The highest BCUT2D eigenvalue weighted by Gasteiger charge is 2.11. The quantitative estimate of drug-likeness (QED) is 0.499. The Morgan fingerprint density at radius 2 is 2.13 bits per heavy atom. The molecule has 0 bridgehead atoms. The number of hydrogen-bond acceptors (Lipinski definition) is 3. The van der Waals surface area contributed by atoms with Gasteiger partial charge in [0, 0.05) is 23.5 Å². The van der Waals surface area contributed by atoms with E-state index in [-0.39, 0.29) is 5.82 Å². The van der Waals surface area contributed by atoms with E-state index in [1.165, 1.54) is 12.1 Å². The number of nitrogens with one attached hydrogen (secondary N) is 2. The molecule has 4 N–H and O–H groups in total. The SMILES string of the molecule is Cc1cc(-n2ccc(C(=O)NC(=N)N)c2)c2cc(F)ccc2n1. The molecule has 0 aliphatic rings. The van der Waals surface area contributed by atoms with Gasteiger partial charge in [0.05, 0.1) is 16.8 Å². The predicted molar refractivity (Wildman–Crippen MR) is 85.1 cm³/mol. The molecule has 2 aromatic heterocycles. The number of hydrogen-bond donors (Lipinski definition) is 3. The third-order valence-electron chi connectivity index (χ3n) is 3.36. The second kappa shape index (κ2) is 5.53. The van der Waals surface area contributed by atoms with Crippen molar-refractivity contribution in [3.63, 3.8) is 0 Å². The molecule has 0 unspecified atom stereocenters. The molecule has 2 heterocycles. The molecule has 3 rings (SSSR count). The van der Waals surface area contributed by atoms with Crippen LogP contribution in [0.2, 0.25) is 0 Å². The van der Waals surface area contributed by atoms with Crippen molar-refractivity contribution in [2.45, 2.75) is 6.92 Å². The van der Waals surface area contributed by atoms with E-state index >= 15 is 0 Å². The number of benzene rings is 1. The lowest BCUT2D eigenvalue weighted by atomic mass is 10.1. The molecule has 3 aromatic rings. The smallest absolute Gasteiger partial charge is 0.259 e. The molecule has 0 saturated carbocycles. The molecule has 0 fully saturated rings. The van der Waals surface area contributed by atoms with Gasteiger partial charge < -0.3 is 10.3 Å². The van der Waals surface area contributed by atoms with Crippen LogP contribution in [0.5, 0.6) is 0 Å². The summed E-state index contributed by atoms with van der Waals surface area (Å²) in [6.45, 7) is 1.85. The first-order chi connectivity index (χ1) is 10.9. The number of fused-ring (bicyclic) bond motifs is 1. The largest absolute Gasteiger partial charge is 0.370 e. The first-order valence-corrected chi connectivity index (χ1v) is 6.85. The maximum atomic E-state index is 13.6. The minimum atomic E-state index is -0.475. The Labute approximate surface area is 131 Å². The molecule has 0 aliphatic heterocycles. The van der Waals surface area contributed by atoms with Crippen molar-refractivity contribution in [3.8, 4) is 5.69 Å². The van der Waals surface area contributed by atoms with Crippen LogP contribution in [0.1, 0.15) is 16.1 Å². The lowest BCUT2D eigenvalue weighted by Gasteiger charge is -2.09. The Bertz CT molecular complexity index is 931. The molecule has 0 atom stereocenters. The summed E-state index contributed by atoms with van der Waals surface area (Å²) in [6.07, 6.45) is 3.28. The number of rotatable bonds is 2. The van der Waals surface area contributed by atoms with Crippen molar-refractivity contribution >= 4 is 22.8 Å². The summed E-state index contributed by atoms with van der Waals surface area (Å²) in [5.74, 6) is -1.25. The van der Waals surface area contributed by atoms with Crippen molar-refractivity contribution in [2.75, 3.05) is 0 Å². The summed E-state index contributed by atoms with van der Waals surface area (Å²) in [6, 6.07) is 7.80. The van der Waals surface area contributed by atoms with Gasteiger partial charge in [-0.1, -0.05) is 0 Å². The zero-order valence-electron chi connectivity index (χ0n) is 12.3. The molecule has 1 amide bonds. The number of aromatic nitrogens is 2. The number of aryl methyl sites for hydroxylation is 1. The molecule has 23 heavy (non-hydrogen) atoms. The van der Waals surface area contributed by atoms with E-state index in [1.54, 1.807) is 29.1 Å². The van der Waals surface area contributed by atoms with Crippen LogP contribution in [0.3, 0.4) is 0 Å². The summed E-state index contributed by atoms with van der Waals surface area (Å²) in [4.78, 5) is 16.2. The van der Waals surface area contributed by atoms with Gasteiger partial charge in [-0.2, -0.15) is 0 Å². The summed E-state index contributed by atoms with van der Waals surface area (Å²) < 4.78 is 15.3. The standard InChI is InChI=1S/C16H14FN5O/c1-9-6-14(12-7-11(17)2-3-13(12)20-9)22-5-4-10(8-22)15(23)21-16(18)19/h2-8H,1H3,(H4,18,19,21,23). The fourth-order valence-electron chi connectivity index (χ4n) is 2.40. The second-order valence-electron chi connectivity index (χ2n) is 5.12. The Hall–Kier alpha value is -3.22. The maximum Gasteiger partial charge on any atom is 0.259 e. The van der Waals surface area contributed by atoms with Crippen LogP contribution in [0.15, 0.2) is 42.7 Å². The molecule has 0 aliphatic carbocycles. The molecule has 6 nitrogen and oxygen atoms in total. The Morgan fingerprint density at radius 3 is 2.87 bits per heavy atom. The van der Waals surface area contributed by atoms with E-state index in [2.05, 4.69) is 10.3 Å². The van der Waals surface area contributed by atoms with Crippen molar-refractivity contribution in [3.05, 3.63) is 59.8 Å². The topological polar surface area (TPSA) is 96.8 Å². The van der Waals surface area contributed by atoms with Crippen molar-refractivity contribution in [1.29, 1.82) is 5.41 Å². The lowest BCUT2D eigenvalue weighted by Crippen LogP contribution is -2.35. The Balaban J connectivity index is 2.10. The van der Waals surface area contributed by atoms with E-state index in [1.807, 2.05) is 13.0 Å². The zero-order chi connectivity index (χ0) is 16.6. The van der Waals surface area contributed by atoms with E-state index in [0.29, 0.717) is 22.2 Å². The fraction of sp³-hybridized carbons (Fsp3) is 0.0625. The number of nitrogens with two attached hydrogens (primary N) is 1. The van der Waals surface area contributed by atoms with E-state index in [4.69, 9.17) is 11.1 Å². The number of guanidine groups is 1. The fourth-order valence-corrected chi connectivity index (χ4v) is 2.40. The highest BCUT2D eigenvalue weighted by atomic mass is 19.1. The van der Waals surface area contributed by atoms with Crippen LogP contribution >= 0.6 is 0 Å². The minimum Gasteiger partial charge on any atom is -0.370 e. The highest BCUT2D eigenvalue weighted by Crippen LogP contribution is 2.23. The van der Waals surface area contributed by atoms with Gasteiger partial charge in [-0.3, -0.25) is 20.5 Å². The zero-order valence-corrected chi connectivity index (χ0v) is 12.3. The summed E-state index contributed by atoms with van der Waals surface area (Å²) in [5, 5.41) is 9.95. The molecule has 1 aromatic carbocycles. The normalized spacial score (nSPS) is 10.7. The first kappa shape index (κ1) is 14.7. The summed E-state index contributed by atoms with van der Waals surface area (Å²) in [5.41, 5.74) is 7.67. The van der Waals surface area contributed by atoms with Crippen molar-refractivity contribution < 1.29 is 9.18 Å². The van der Waals surface area contributed by atoms with Gasteiger partial charge in [0.25, 0.3) is 5.91 Å². The van der Waals surface area contributed by atoms with Gasteiger partial charge in [0.2, 0.25) is 0 Å². The molecular formula is C16H14FN5O. The van der Waals surface area contributed by atoms with E-state index < -0.39 is 11.9 Å². The molecule has 0 radical (unpaired) electrons. The van der Waals surface area contributed by atoms with Gasteiger partial charge >= 0.3 is 0 Å². The number of carbonyl (C=O) groups is 1. The third kappa shape index (κ3) is 2.89. The number of nitrogens with zero attached hydrogens (tertiary/aromatic N) is 2. The van der Waals surface area contributed by atoms with Crippen LogP contribution in [-0.2, 0) is 0 Å². The monoisotopic (exact) mass is 311 g/mol. The predicted octanol–water partition coefficient (Wildman–Crippen LogP) is 2.10. The first-order valence-electron chi connectivity index (χ1n) is 6.85. The van der Waals surface area contributed by atoms with Gasteiger partial charge in [-0.15, -0.1) is 0 Å². The van der Waals surface area contributed by atoms with E-state index in [0.717, 1.165) is 5.69 Å². The minimum absolute atomic E-state index is 0.346. The molecule has 7 heteroatoms. The highest BCUT2D eigenvalue weighted by molar-refractivity contribution is 6.04. The van der Waals surface area contributed by atoms with Crippen molar-refractivity contribution in [2.24, 2.45) is 5.73 Å². The second-order valence-corrected chi connectivity index (χ2v) is 5.12. The van der Waals surface area contributed by atoms with Crippen LogP contribution in [0.4, 0.5) is 4.39 Å². The molecule has 0 saturated heterocycles. The van der Waals surface area contributed by atoms with Gasteiger partial charge in [0.1, 0.15) is 5.82 Å². The molecular weight excluding hydrogens is 297 g/mol. The van der Waals surface area contributed by atoms with Crippen LogP contribution < -0.4 is 11.1 Å².